The number of fused-ring (bicyclic) bond motifs is 3. The van der Waals surface area contributed by atoms with Crippen LogP contribution in [0, 0.1) is 11.8 Å². The van der Waals surface area contributed by atoms with Gasteiger partial charge in [-0.1, -0.05) is 26.0 Å². The lowest BCUT2D eigenvalue weighted by Gasteiger charge is -2.37. The van der Waals surface area contributed by atoms with Gasteiger partial charge in [-0.25, -0.2) is 9.59 Å². The predicted octanol–water partition coefficient (Wildman–Crippen LogP) is 8.60. The molecule has 1 aliphatic rings. The average molecular weight is 651 g/mol. The Balaban J connectivity index is 2.33. The van der Waals surface area contributed by atoms with Crippen LogP contribution in [0.5, 0.6) is 0 Å². The van der Waals surface area contributed by atoms with Crippen molar-refractivity contribution in [2.75, 3.05) is 0 Å². The molecule has 3 rings (SSSR count). The first kappa shape index (κ1) is 37.8. The van der Waals surface area contributed by atoms with Crippen LogP contribution < -0.4 is 0 Å². The fourth-order valence-corrected chi connectivity index (χ4v) is 5.96. The van der Waals surface area contributed by atoms with E-state index in [0.29, 0.717) is 11.1 Å². The molecule has 47 heavy (non-hydrogen) atoms. The minimum Gasteiger partial charge on any atom is -0.460 e. The summed E-state index contributed by atoms with van der Waals surface area (Å²) in [6.07, 6.45) is 0.481. The van der Waals surface area contributed by atoms with Crippen molar-refractivity contribution in [3.8, 4) is 11.1 Å². The predicted molar refractivity (Wildman–Crippen MR) is 182 cm³/mol. The number of rotatable bonds is 8. The van der Waals surface area contributed by atoms with Crippen LogP contribution in [0.3, 0.4) is 0 Å². The molecule has 2 unspecified atom stereocenters. The van der Waals surface area contributed by atoms with E-state index in [2.05, 4.69) is 0 Å². The molecule has 0 spiro atoms. The molecule has 2 aromatic carbocycles. The standard InChI is InChI=1S/C39H54O8/c1-23(31(40)44-35(3,4)5)21-39(22-24(2)32(41)45-36(6,7)8)29-19-25(33(42)46-37(9,10)11)15-17-27(29)28-18-16-26(20-30(28)39)34(43)47-38(12,13)14/h15-20,23-24H,21-22H2,1-14H3. The van der Waals surface area contributed by atoms with Gasteiger partial charge in [0.05, 0.1) is 23.0 Å². The fraction of sp³-hybridized carbons (Fsp3) is 0.590. The summed E-state index contributed by atoms with van der Waals surface area (Å²) in [5.41, 5.74) is 0.0779. The van der Waals surface area contributed by atoms with E-state index in [-0.39, 0.29) is 24.8 Å². The van der Waals surface area contributed by atoms with Crippen molar-refractivity contribution in [3.63, 3.8) is 0 Å². The van der Waals surface area contributed by atoms with Crippen molar-refractivity contribution in [2.45, 2.75) is 138 Å². The third-order valence-corrected chi connectivity index (χ3v) is 7.56. The molecule has 1 aliphatic carbocycles. The minimum absolute atomic E-state index is 0.241. The molecule has 8 heteroatoms. The molecule has 2 aromatic rings. The Morgan fingerprint density at radius 3 is 1.11 bits per heavy atom. The van der Waals surface area contributed by atoms with Crippen LogP contribution in [0.4, 0.5) is 0 Å². The summed E-state index contributed by atoms with van der Waals surface area (Å²) < 4.78 is 23.1. The molecule has 258 valence electrons. The molecular formula is C39H54O8. The Bertz CT molecular complexity index is 1410. The minimum atomic E-state index is -0.993. The third-order valence-electron chi connectivity index (χ3n) is 7.56. The highest BCUT2D eigenvalue weighted by molar-refractivity contribution is 5.95. The summed E-state index contributed by atoms with van der Waals surface area (Å²) in [6.45, 7) is 25.4. The molecule has 2 atom stereocenters. The summed E-state index contributed by atoms with van der Waals surface area (Å²) >= 11 is 0. The summed E-state index contributed by atoms with van der Waals surface area (Å²) in [5.74, 6) is -2.98. The third kappa shape index (κ3) is 9.68. The van der Waals surface area contributed by atoms with Crippen molar-refractivity contribution in [3.05, 3.63) is 58.7 Å². The number of hydrogen-bond donors (Lipinski definition) is 0. The van der Waals surface area contributed by atoms with Crippen molar-refractivity contribution in [1.29, 1.82) is 0 Å². The Morgan fingerprint density at radius 2 is 0.830 bits per heavy atom. The zero-order valence-electron chi connectivity index (χ0n) is 30.8. The van der Waals surface area contributed by atoms with Gasteiger partial charge in [0.2, 0.25) is 0 Å². The van der Waals surface area contributed by atoms with E-state index in [1.165, 1.54) is 0 Å². The van der Waals surface area contributed by atoms with Crippen molar-refractivity contribution >= 4 is 23.9 Å². The monoisotopic (exact) mass is 650 g/mol. The molecule has 0 radical (unpaired) electrons. The molecule has 0 saturated heterocycles. The quantitative estimate of drug-likeness (QED) is 0.207. The van der Waals surface area contributed by atoms with E-state index < -0.39 is 51.6 Å². The van der Waals surface area contributed by atoms with Crippen molar-refractivity contribution < 1.29 is 38.1 Å². The number of carbonyl (C=O) groups excluding carboxylic acids is 4. The van der Waals surface area contributed by atoms with Gasteiger partial charge in [0.25, 0.3) is 0 Å². The highest BCUT2D eigenvalue weighted by atomic mass is 16.6. The Kier molecular flexibility index (Phi) is 10.5. The molecule has 0 fully saturated rings. The molecule has 0 amide bonds. The average Bonchev–Trinajstić information content (AvgIpc) is 3.13. The van der Waals surface area contributed by atoms with Gasteiger partial charge in [0, 0.05) is 5.41 Å². The zero-order chi connectivity index (χ0) is 35.9. The highest BCUT2D eigenvalue weighted by Gasteiger charge is 2.48. The first-order valence-corrected chi connectivity index (χ1v) is 16.4. The summed E-state index contributed by atoms with van der Waals surface area (Å²) in [7, 11) is 0. The van der Waals surface area contributed by atoms with Gasteiger partial charge < -0.3 is 18.9 Å². The highest BCUT2D eigenvalue weighted by Crippen LogP contribution is 2.56. The number of ether oxygens (including phenoxy) is 4. The van der Waals surface area contributed by atoms with Gasteiger partial charge in [0.1, 0.15) is 22.4 Å². The largest absolute Gasteiger partial charge is 0.460 e. The Hall–Kier alpha value is -3.68. The van der Waals surface area contributed by atoms with Crippen LogP contribution in [-0.2, 0) is 34.0 Å². The summed E-state index contributed by atoms with van der Waals surface area (Å²) in [4.78, 5) is 53.8. The molecule has 8 nitrogen and oxygen atoms in total. The first-order valence-electron chi connectivity index (χ1n) is 16.4. The number of carbonyl (C=O) groups is 4. The molecule has 0 bridgehead atoms. The maximum Gasteiger partial charge on any atom is 0.338 e. The van der Waals surface area contributed by atoms with Gasteiger partial charge in [-0.2, -0.15) is 0 Å². The second-order valence-electron chi connectivity index (χ2n) is 16.9. The maximum atomic E-state index is 13.5. The van der Waals surface area contributed by atoms with Crippen LogP contribution in [0.25, 0.3) is 11.1 Å². The van der Waals surface area contributed by atoms with E-state index in [1.54, 1.807) is 38.1 Å². The normalized spacial score (nSPS) is 15.5. The number of benzene rings is 2. The van der Waals surface area contributed by atoms with E-state index in [0.717, 1.165) is 22.3 Å². The van der Waals surface area contributed by atoms with E-state index in [4.69, 9.17) is 18.9 Å². The maximum absolute atomic E-state index is 13.5. The second kappa shape index (κ2) is 13.1. The summed E-state index contributed by atoms with van der Waals surface area (Å²) in [5, 5.41) is 0. The smallest absolute Gasteiger partial charge is 0.338 e. The van der Waals surface area contributed by atoms with Gasteiger partial charge in [-0.05, 0) is 142 Å². The van der Waals surface area contributed by atoms with Crippen LogP contribution >= 0.6 is 0 Å². The molecule has 0 N–H and O–H groups in total. The van der Waals surface area contributed by atoms with Crippen LogP contribution in [-0.4, -0.2) is 46.3 Å². The second-order valence-corrected chi connectivity index (χ2v) is 16.9. The van der Waals surface area contributed by atoms with Crippen LogP contribution in [0.15, 0.2) is 36.4 Å². The molecule has 0 aliphatic heterocycles. The molecule has 0 heterocycles. The summed E-state index contributed by atoms with van der Waals surface area (Å²) in [6, 6.07) is 10.8. The fourth-order valence-electron chi connectivity index (χ4n) is 5.96. The van der Waals surface area contributed by atoms with Gasteiger partial charge in [-0.15, -0.1) is 0 Å². The number of hydrogen-bond acceptors (Lipinski definition) is 8. The molecule has 0 saturated carbocycles. The lowest BCUT2D eigenvalue weighted by Crippen LogP contribution is -2.37. The van der Waals surface area contributed by atoms with Crippen molar-refractivity contribution in [1.82, 2.24) is 0 Å². The molecular weight excluding hydrogens is 596 g/mol. The Labute approximate surface area is 280 Å². The van der Waals surface area contributed by atoms with Gasteiger partial charge >= 0.3 is 23.9 Å². The zero-order valence-corrected chi connectivity index (χ0v) is 30.8. The van der Waals surface area contributed by atoms with Crippen LogP contribution in [0.2, 0.25) is 0 Å². The van der Waals surface area contributed by atoms with Crippen molar-refractivity contribution in [2.24, 2.45) is 11.8 Å². The van der Waals surface area contributed by atoms with E-state index in [1.807, 2.05) is 95.2 Å². The Morgan fingerprint density at radius 1 is 0.532 bits per heavy atom. The SMILES string of the molecule is CC(CC1(CC(C)C(=O)OC(C)(C)C)c2cc(C(=O)OC(C)(C)C)ccc2-c2ccc(C(=O)OC(C)(C)C)cc21)C(=O)OC(C)(C)C. The van der Waals surface area contributed by atoms with Gasteiger partial charge in [-0.3, -0.25) is 9.59 Å². The topological polar surface area (TPSA) is 105 Å². The lowest BCUT2D eigenvalue weighted by molar-refractivity contribution is -0.160. The van der Waals surface area contributed by atoms with Gasteiger partial charge in [0.15, 0.2) is 0 Å². The molecule has 0 aromatic heterocycles. The first-order chi connectivity index (χ1) is 21.2. The van der Waals surface area contributed by atoms with E-state index >= 15 is 0 Å². The lowest BCUT2D eigenvalue weighted by atomic mass is 9.67. The van der Waals surface area contributed by atoms with E-state index in [9.17, 15) is 19.2 Å². The number of esters is 4. The van der Waals surface area contributed by atoms with Crippen LogP contribution in [0.1, 0.15) is 142 Å².